The maximum Gasteiger partial charge on any atom is 0.323 e. The molecule has 1 unspecified atom stereocenters. The number of hydrogen-bond acceptors (Lipinski definition) is 4. The summed E-state index contributed by atoms with van der Waals surface area (Å²) in [6.45, 7) is 0.384. The highest BCUT2D eigenvalue weighted by atomic mass is 16.5. The fourth-order valence-corrected chi connectivity index (χ4v) is 1.78. The molecule has 0 spiro atoms. The second kappa shape index (κ2) is 6.07. The summed E-state index contributed by atoms with van der Waals surface area (Å²) in [5.74, 6) is -1.75. The summed E-state index contributed by atoms with van der Waals surface area (Å²) in [6, 6.07) is -0.457. The van der Waals surface area contributed by atoms with Crippen LogP contribution in [0.15, 0.2) is 0 Å². The Labute approximate surface area is 98.7 Å². The number of aliphatic carboxylic acids is 1. The maximum atomic E-state index is 11.6. The molecule has 0 aliphatic carbocycles. The van der Waals surface area contributed by atoms with E-state index in [1.165, 1.54) is 12.0 Å². The van der Waals surface area contributed by atoms with Crippen molar-refractivity contribution in [2.75, 3.05) is 26.7 Å². The van der Waals surface area contributed by atoms with E-state index < -0.39 is 18.5 Å². The number of carbonyl (C=O) groups is 3. The number of carboxylic acids is 1. The highest BCUT2D eigenvalue weighted by Gasteiger charge is 2.28. The molecule has 1 aliphatic rings. The van der Waals surface area contributed by atoms with Crippen molar-refractivity contribution < 1.29 is 24.2 Å². The molecule has 0 aromatic carbocycles. The molecule has 7 heteroatoms. The number of nitrogens with zero attached hydrogens (tertiary/aromatic N) is 1. The van der Waals surface area contributed by atoms with Crippen LogP contribution in [0.25, 0.3) is 0 Å². The number of amides is 2. The molecular formula is C10H16N2O5. The number of urea groups is 1. The molecule has 7 nitrogen and oxygen atoms in total. The second-order valence-electron chi connectivity index (χ2n) is 3.86. The van der Waals surface area contributed by atoms with Crippen molar-refractivity contribution in [3.8, 4) is 0 Å². The number of methoxy groups -OCH3 is 1. The molecule has 1 rings (SSSR count). The highest BCUT2D eigenvalue weighted by molar-refractivity contribution is 5.81. The van der Waals surface area contributed by atoms with Crippen molar-refractivity contribution in [3.05, 3.63) is 0 Å². The normalized spacial score (nSPS) is 19.6. The Balaban J connectivity index is 2.45. The molecule has 2 amide bonds. The minimum absolute atomic E-state index is 0.276. The zero-order valence-electron chi connectivity index (χ0n) is 9.64. The van der Waals surface area contributed by atoms with Gasteiger partial charge in [0.25, 0.3) is 0 Å². The third-order valence-electron chi connectivity index (χ3n) is 2.63. The van der Waals surface area contributed by atoms with Crippen LogP contribution in [0.1, 0.15) is 12.8 Å². The van der Waals surface area contributed by atoms with Crippen molar-refractivity contribution in [1.82, 2.24) is 10.2 Å². The molecule has 1 heterocycles. The van der Waals surface area contributed by atoms with Crippen LogP contribution in [0.5, 0.6) is 0 Å². The minimum atomic E-state index is -1.10. The van der Waals surface area contributed by atoms with E-state index in [1.807, 2.05) is 0 Å². The molecule has 17 heavy (non-hydrogen) atoms. The van der Waals surface area contributed by atoms with E-state index in [9.17, 15) is 14.4 Å². The van der Waals surface area contributed by atoms with Crippen LogP contribution in [0, 0.1) is 5.92 Å². The summed E-state index contributed by atoms with van der Waals surface area (Å²) in [7, 11) is 1.31. The molecule has 0 aromatic heterocycles. The number of piperidine rings is 1. The first-order valence-corrected chi connectivity index (χ1v) is 5.37. The molecule has 0 bridgehead atoms. The van der Waals surface area contributed by atoms with Gasteiger partial charge in [-0.25, -0.2) is 4.79 Å². The molecule has 0 saturated carbocycles. The topological polar surface area (TPSA) is 95.9 Å². The smallest absolute Gasteiger partial charge is 0.323 e. The zero-order chi connectivity index (χ0) is 12.8. The highest BCUT2D eigenvalue weighted by Crippen LogP contribution is 2.17. The number of nitrogens with one attached hydrogen (secondary N) is 1. The number of ether oxygens (including phenoxy) is 1. The van der Waals surface area contributed by atoms with Crippen LogP contribution in [0.4, 0.5) is 4.79 Å². The lowest BCUT2D eigenvalue weighted by molar-refractivity contribution is -0.147. The van der Waals surface area contributed by atoms with Gasteiger partial charge in [0, 0.05) is 13.1 Å². The summed E-state index contributed by atoms with van der Waals surface area (Å²) in [5, 5.41) is 10.7. The van der Waals surface area contributed by atoms with Crippen molar-refractivity contribution in [1.29, 1.82) is 0 Å². The van der Waals surface area contributed by atoms with Gasteiger partial charge in [-0.3, -0.25) is 9.59 Å². The molecule has 1 aliphatic heterocycles. The Hall–Kier alpha value is -1.79. The zero-order valence-corrected chi connectivity index (χ0v) is 9.64. The van der Waals surface area contributed by atoms with Crippen LogP contribution < -0.4 is 5.32 Å². The number of hydrogen-bond donors (Lipinski definition) is 2. The fourth-order valence-electron chi connectivity index (χ4n) is 1.78. The van der Waals surface area contributed by atoms with Crippen LogP contribution in [-0.4, -0.2) is 54.7 Å². The lowest BCUT2D eigenvalue weighted by Gasteiger charge is -2.31. The van der Waals surface area contributed by atoms with Gasteiger partial charge < -0.3 is 20.1 Å². The third kappa shape index (κ3) is 3.93. The summed E-state index contributed by atoms with van der Waals surface area (Å²) >= 11 is 0. The van der Waals surface area contributed by atoms with Gasteiger partial charge >= 0.3 is 18.0 Å². The van der Waals surface area contributed by atoms with Crippen molar-refractivity contribution in [2.24, 2.45) is 5.92 Å². The van der Waals surface area contributed by atoms with Gasteiger partial charge in [0.15, 0.2) is 0 Å². The van der Waals surface area contributed by atoms with E-state index in [4.69, 9.17) is 5.11 Å². The largest absolute Gasteiger partial charge is 0.480 e. The summed E-state index contributed by atoms with van der Waals surface area (Å²) in [5.41, 5.74) is 0. The maximum absolute atomic E-state index is 11.6. The summed E-state index contributed by atoms with van der Waals surface area (Å²) < 4.78 is 4.62. The lowest BCUT2D eigenvalue weighted by atomic mass is 9.98. The second-order valence-corrected chi connectivity index (χ2v) is 3.86. The molecule has 96 valence electrons. The Bertz CT molecular complexity index is 318. The quantitative estimate of drug-likeness (QED) is 0.662. The number of likely N-dealkylation sites (tertiary alicyclic amines) is 1. The standard InChI is InChI=1S/C10H16N2O5/c1-17-9(15)7-3-2-4-12(6-7)10(16)11-5-8(13)14/h7H,2-6H2,1H3,(H,11,16)(H,13,14). The van der Waals surface area contributed by atoms with Gasteiger partial charge in [0.2, 0.25) is 0 Å². The van der Waals surface area contributed by atoms with Crippen LogP contribution in [0.2, 0.25) is 0 Å². The lowest BCUT2D eigenvalue weighted by Crippen LogP contribution is -2.48. The average Bonchev–Trinajstić information content (AvgIpc) is 2.35. The average molecular weight is 244 g/mol. The Morgan fingerprint density at radius 2 is 2.18 bits per heavy atom. The van der Waals surface area contributed by atoms with Gasteiger partial charge in [0.05, 0.1) is 13.0 Å². The van der Waals surface area contributed by atoms with Gasteiger partial charge in [-0.2, -0.15) is 0 Å². The molecule has 1 fully saturated rings. The first kappa shape index (κ1) is 13.3. The van der Waals surface area contributed by atoms with Gasteiger partial charge in [-0.1, -0.05) is 0 Å². The molecule has 2 N–H and O–H groups in total. The Morgan fingerprint density at radius 1 is 1.47 bits per heavy atom. The molecule has 1 saturated heterocycles. The minimum Gasteiger partial charge on any atom is -0.480 e. The van der Waals surface area contributed by atoms with E-state index >= 15 is 0 Å². The Kier molecular flexibility index (Phi) is 4.74. The SMILES string of the molecule is COC(=O)C1CCCN(C(=O)NCC(=O)O)C1. The monoisotopic (exact) mass is 244 g/mol. The first-order valence-electron chi connectivity index (χ1n) is 5.37. The fraction of sp³-hybridized carbons (Fsp3) is 0.700. The summed E-state index contributed by atoms with van der Waals surface area (Å²) in [4.78, 5) is 34.6. The first-order chi connectivity index (χ1) is 8.04. The van der Waals surface area contributed by atoms with E-state index in [0.29, 0.717) is 19.4 Å². The molecule has 0 radical (unpaired) electrons. The van der Waals surface area contributed by atoms with Crippen LogP contribution in [-0.2, 0) is 14.3 Å². The predicted octanol–water partition coefficient (Wildman–Crippen LogP) is -0.334. The molecule has 1 atom stereocenters. The van der Waals surface area contributed by atoms with Crippen molar-refractivity contribution >= 4 is 18.0 Å². The summed E-state index contributed by atoms with van der Waals surface area (Å²) in [6.07, 6.45) is 1.40. The molecule has 0 aromatic rings. The Morgan fingerprint density at radius 3 is 2.76 bits per heavy atom. The van der Waals surface area contributed by atoms with Crippen molar-refractivity contribution in [3.63, 3.8) is 0 Å². The third-order valence-corrected chi connectivity index (χ3v) is 2.63. The number of carboxylic acid groups (broad SMARTS) is 1. The van der Waals surface area contributed by atoms with Gasteiger partial charge in [-0.15, -0.1) is 0 Å². The van der Waals surface area contributed by atoms with Crippen LogP contribution >= 0.6 is 0 Å². The number of rotatable bonds is 3. The number of esters is 1. The van der Waals surface area contributed by atoms with E-state index in [2.05, 4.69) is 10.1 Å². The number of carbonyl (C=O) groups excluding carboxylic acids is 2. The van der Waals surface area contributed by atoms with E-state index in [1.54, 1.807) is 0 Å². The van der Waals surface area contributed by atoms with Crippen LogP contribution in [0.3, 0.4) is 0 Å². The predicted molar refractivity (Wildman–Crippen MR) is 57.3 cm³/mol. The van der Waals surface area contributed by atoms with Crippen molar-refractivity contribution in [2.45, 2.75) is 12.8 Å². The van der Waals surface area contributed by atoms with E-state index in [-0.39, 0.29) is 18.4 Å². The van der Waals surface area contributed by atoms with Gasteiger partial charge in [-0.05, 0) is 12.8 Å². The van der Waals surface area contributed by atoms with E-state index in [0.717, 1.165) is 0 Å². The molecular weight excluding hydrogens is 228 g/mol. The van der Waals surface area contributed by atoms with Gasteiger partial charge in [0.1, 0.15) is 6.54 Å².